The number of hydrogen-bond donors (Lipinski definition) is 0. The van der Waals surface area contributed by atoms with Gasteiger partial charge in [-0.25, -0.2) is 4.98 Å². The summed E-state index contributed by atoms with van der Waals surface area (Å²) in [6.45, 7) is 3.25. The quantitative estimate of drug-likeness (QED) is 0.738. The van der Waals surface area contributed by atoms with Crippen LogP contribution >= 0.6 is 11.6 Å². The van der Waals surface area contributed by atoms with E-state index < -0.39 is 0 Å². The second-order valence-electron chi connectivity index (χ2n) is 5.73. The van der Waals surface area contributed by atoms with Gasteiger partial charge >= 0.3 is 0 Å². The summed E-state index contributed by atoms with van der Waals surface area (Å²) in [6, 6.07) is 13.2. The average Bonchev–Trinajstić information content (AvgIpc) is 2.51. The van der Waals surface area contributed by atoms with Gasteiger partial charge in [-0.15, -0.1) is 0 Å². The Morgan fingerprint density at radius 3 is 2.74 bits per heavy atom. The van der Waals surface area contributed by atoms with Crippen LogP contribution in [-0.4, -0.2) is 21.3 Å². The zero-order valence-electron chi connectivity index (χ0n) is 13.2. The molecule has 0 saturated heterocycles. The zero-order chi connectivity index (χ0) is 16.4. The standard InChI is InChI=1S/C18H18ClN3O/c1-13-6-5-9-22-17(23)10-15(20-18(13)22)12-21(2)11-14-7-3-4-8-16(14)19/h3-10H,11-12H2,1-2H3. The molecule has 0 amide bonds. The molecule has 3 aromatic rings. The Morgan fingerprint density at radius 1 is 1.17 bits per heavy atom. The van der Waals surface area contributed by atoms with Gasteiger partial charge in [0.05, 0.1) is 5.69 Å². The first kappa shape index (κ1) is 15.7. The highest BCUT2D eigenvalue weighted by atomic mass is 35.5. The lowest BCUT2D eigenvalue weighted by atomic mass is 10.2. The maximum absolute atomic E-state index is 12.2. The Labute approximate surface area is 140 Å². The number of aromatic nitrogens is 2. The van der Waals surface area contributed by atoms with Crippen molar-refractivity contribution in [2.45, 2.75) is 20.0 Å². The Hall–Kier alpha value is -2.17. The van der Waals surface area contributed by atoms with Crippen LogP contribution < -0.4 is 5.56 Å². The van der Waals surface area contributed by atoms with Crippen molar-refractivity contribution < 1.29 is 0 Å². The van der Waals surface area contributed by atoms with Gasteiger partial charge in [-0.1, -0.05) is 35.9 Å². The third kappa shape index (κ3) is 3.44. The number of aryl methyl sites for hydroxylation is 1. The molecule has 118 valence electrons. The van der Waals surface area contributed by atoms with Gasteiger partial charge in [0.15, 0.2) is 0 Å². The minimum atomic E-state index is -0.0557. The number of hydrogen-bond acceptors (Lipinski definition) is 3. The molecule has 0 fully saturated rings. The molecule has 0 aliphatic heterocycles. The van der Waals surface area contributed by atoms with Gasteiger partial charge in [0.25, 0.3) is 5.56 Å². The summed E-state index contributed by atoms with van der Waals surface area (Å²) in [5.41, 5.74) is 3.46. The maximum Gasteiger partial charge on any atom is 0.258 e. The molecule has 5 heteroatoms. The van der Waals surface area contributed by atoms with Crippen LogP contribution in [0.4, 0.5) is 0 Å². The van der Waals surface area contributed by atoms with E-state index in [1.807, 2.05) is 50.4 Å². The van der Waals surface area contributed by atoms with Gasteiger partial charge in [-0.3, -0.25) is 14.1 Å². The monoisotopic (exact) mass is 327 g/mol. The molecule has 4 nitrogen and oxygen atoms in total. The molecule has 0 atom stereocenters. The van der Waals surface area contributed by atoms with Crippen LogP contribution in [0.5, 0.6) is 0 Å². The third-order valence-electron chi connectivity index (χ3n) is 3.77. The molecule has 0 radical (unpaired) electrons. The molecule has 0 N–H and O–H groups in total. The van der Waals surface area contributed by atoms with Crippen molar-refractivity contribution >= 4 is 17.2 Å². The predicted octanol–water partition coefficient (Wildman–Crippen LogP) is 3.29. The number of rotatable bonds is 4. The van der Waals surface area contributed by atoms with E-state index in [-0.39, 0.29) is 5.56 Å². The molecule has 0 aliphatic carbocycles. The topological polar surface area (TPSA) is 37.6 Å². The Balaban J connectivity index is 1.85. The largest absolute Gasteiger partial charge is 0.296 e. The van der Waals surface area contributed by atoms with Crippen LogP contribution in [0.3, 0.4) is 0 Å². The number of halogens is 1. The first-order valence-corrected chi connectivity index (χ1v) is 7.82. The molecule has 0 spiro atoms. The van der Waals surface area contributed by atoms with E-state index in [0.29, 0.717) is 18.7 Å². The van der Waals surface area contributed by atoms with E-state index in [4.69, 9.17) is 11.6 Å². The number of pyridine rings is 1. The molecule has 3 rings (SSSR count). The van der Waals surface area contributed by atoms with Crippen LogP contribution in [-0.2, 0) is 13.1 Å². The fourth-order valence-electron chi connectivity index (χ4n) is 2.64. The molecule has 1 aromatic carbocycles. The summed E-state index contributed by atoms with van der Waals surface area (Å²) in [5.74, 6) is 0. The van der Waals surface area contributed by atoms with E-state index in [1.54, 1.807) is 16.7 Å². The summed E-state index contributed by atoms with van der Waals surface area (Å²) in [6.07, 6.45) is 1.74. The molecular formula is C18H18ClN3O. The van der Waals surface area contributed by atoms with Crippen LogP contribution in [0.2, 0.25) is 5.02 Å². The van der Waals surface area contributed by atoms with Gasteiger partial charge in [-0.2, -0.15) is 0 Å². The van der Waals surface area contributed by atoms with Crippen molar-refractivity contribution in [2.75, 3.05) is 7.05 Å². The molecule has 0 aliphatic rings. The lowest BCUT2D eigenvalue weighted by Crippen LogP contribution is -2.22. The lowest BCUT2D eigenvalue weighted by Gasteiger charge is -2.17. The van der Waals surface area contributed by atoms with Crippen molar-refractivity contribution in [1.82, 2.24) is 14.3 Å². The SMILES string of the molecule is Cc1cccn2c(=O)cc(CN(C)Cc3ccccc3Cl)nc12. The highest BCUT2D eigenvalue weighted by Gasteiger charge is 2.09. The minimum absolute atomic E-state index is 0.0557. The van der Waals surface area contributed by atoms with Crippen molar-refractivity contribution in [3.8, 4) is 0 Å². The Morgan fingerprint density at radius 2 is 1.96 bits per heavy atom. The molecule has 0 saturated carbocycles. The average molecular weight is 328 g/mol. The Kier molecular flexibility index (Phi) is 4.46. The highest BCUT2D eigenvalue weighted by Crippen LogP contribution is 2.17. The molecule has 23 heavy (non-hydrogen) atoms. The van der Waals surface area contributed by atoms with E-state index in [9.17, 15) is 4.79 Å². The van der Waals surface area contributed by atoms with Gasteiger partial charge in [-0.05, 0) is 37.2 Å². The van der Waals surface area contributed by atoms with Crippen LogP contribution in [0.25, 0.3) is 5.65 Å². The van der Waals surface area contributed by atoms with Crippen molar-refractivity contribution in [2.24, 2.45) is 0 Å². The van der Waals surface area contributed by atoms with Gasteiger partial charge in [0, 0.05) is 30.4 Å². The first-order chi connectivity index (χ1) is 11.0. The van der Waals surface area contributed by atoms with E-state index in [2.05, 4.69) is 9.88 Å². The van der Waals surface area contributed by atoms with Crippen LogP contribution in [0, 0.1) is 6.92 Å². The summed E-state index contributed by atoms with van der Waals surface area (Å²) in [5, 5.41) is 0.752. The van der Waals surface area contributed by atoms with E-state index in [1.165, 1.54) is 0 Å². The summed E-state index contributed by atoms with van der Waals surface area (Å²) >= 11 is 6.20. The molecule has 2 aromatic heterocycles. The fraction of sp³-hybridized carbons (Fsp3) is 0.222. The molecule has 0 unspecified atom stereocenters. The molecule has 0 bridgehead atoms. The van der Waals surface area contributed by atoms with Crippen molar-refractivity contribution in [1.29, 1.82) is 0 Å². The number of fused-ring (bicyclic) bond motifs is 1. The Bertz CT molecular complexity index is 904. The smallest absolute Gasteiger partial charge is 0.258 e. The van der Waals surface area contributed by atoms with Crippen molar-refractivity contribution in [3.05, 3.63) is 80.9 Å². The normalized spacial score (nSPS) is 11.3. The van der Waals surface area contributed by atoms with Gasteiger partial charge < -0.3 is 0 Å². The van der Waals surface area contributed by atoms with E-state index >= 15 is 0 Å². The first-order valence-electron chi connectivity index (χ1n) is 7.44. The second kappa shape index (κ2) is 6.52. The third-order valence-corrected chi connectivity index (χ3v) is 4.14. The van der Waals surface area contributed by atoms with Gasteiger partial charge in [0.2, 0.25) is 0 Å². The summed E-state index contributed by atoms with van der Waals surface area (Å²) in [7, 11) is 1.99. The van der Waals surface area contributed by atoms with Gasteiger partial charge in [0.1, 0.15) is 5.65 Å². The highest BCUT2D eigenvalue weighted by molar-refractivity contribution is 6.31. The second-order valence-corrected chi connectivity index (χ2v) is 6.14. The maximum atomic E-state index is 12.2. The summed E-state index contributed by atoms with van der Waals surface area (Å²) in [4.78, 5) is 19.0. The molecule has 2 heterocycles. The van der Waals surface area contributed by atoms with Crippen molar-refractivity contribution in [3.63, 3.8) is 0 Å². The zero-order valence-corrected chi connectivity index (χ0v) is 13.9. The molecular weight excluding hydrogens is 310 g/mol. The van der Waals surface area contributed by atoms with Crippen LogP contribution in [0.1, 0.15) is 16.8 Å². The number of nitrogens with zero attached hydrogens (tertiary/aromatic N) is 3. The van der Waals surface area contributed by atoms with Crippen LogP contribution in [0.15, 0.2) is 53.5 Å². The fourth-order valence-corrected chi connectivity index (χ4v) is 2.84. The number of benzene rings is 1. The minimum Gasteiger partial charge on any atom is -0.296 e. The lowest BCUT2D eigenvalue weighted by molar-refractivity contribution is 0.315. The summed E-state index contributed by atoms with van der Waals surface area (Å²) < 4.78 is 1.58. The predicted molar refractivity (Wildman–Crippen MR) is 92.8 cm³/mol. The van der Waals surface area contributed by atoms with E-state index in [0.717, 1.165) is 21.8 Å².